The van der Waals surface area contributed by atoms with Crippen LogP contribution in [0.3, 0.4) is 0 Å². The number of H-pyrrole nitrogens is 1. The molecule has 1 aliphatic heterocycles. The third-order valence-electron chi connectivity index (χ3n) is 5.63. The molecule has 0 saturated heterocycles. The highest BCUT2D eigenvalue weighted by Crippen LogP contribution is 2.41. The maximum absolute atomic E-state index is 13.6. The standard InChI is InChI=1S/C25H17Cl3N2O2/c26-16-5-1-14(2-6-16)13-30-24(31)22(15-3-7-17(27)8-4-15)23(25(30)32)20-12-29-21-11-18(28)9-10-19(20)21/h1-12,25,29,32H,13H2. The molecule has 1 aliphatic rings. The second kappa shape index (κ2) is 8.30. The van der Waals surface area contributed by atoms with Crippen molar-refractivity contribution in [1.82, 2.24) is 9.88 Å². The van der Waals surface area contributed by atoms with Crippen LogP contribution in [0, 0.1) is 0 Å². The molecule has 7 heteroatoms. The fourth-order valence-electron chi connectivity index (χ4n) is 4.09. The van der Waals surface area contributed by atoms with Gasteiger partial charge in [-0.05, 0) is 47.5 Å². The second-order valence-electron chi connectivity index (χ2n) is 7.62. The summed E-state index contributed by atoms with van der Waals surface area (Å²) in [6.45, 7) is 0.242. The van der Waals surface area contributed by atoms with Gasteiger partial charge in [0, 0.05) is 49.8 Å². The summed E-state index contributed by atoms with van der Waals surface area (Å²) in [4.78, 5) is 18.2. The summed E-state index contributed by atoms with van der Waals surface area (Å²) in [6, 6.07) is 19.8. The molecule has 0 aliphatic carbocycles. The van der Waals surface area contributed by atoms with E-state index >= 15 is 0 Å². The Balaban J connectivity index is 1.65. The number of nitrogens with zero attached hydrogens (tertiary/aromatic N) is 1. The molecule has 0 saturated carbocycles. The van der Waals surface area contributed by atoms with Gasteiger partial charge in [0.15, 0.2) is 6.23 Å². The van der Waals surface area contributed by atoms with Gasteiger partial charge in [0.25, 0.3) is 5.91 Å². The van der Waals surface area contributed by atoms with E-state index in [1.807, 2.05) is 24.3 Å². The Morgan fingerprint density at radius 3 is 2.19 bits per heavy atom. The molecule has 32 heavy (non-hydrogen) atoms. The zero-order valence-electron chi connectivity index (χ0n) is 16.6. The number of aliphatic hydroxyl groups excluding tert-OH is 1. The van der Waals surface area contributed by atoms with Crippen LogP contribution in [0.2, 0.25) is 15.1 Å². The highest BCUT2D eigenvalue weighted by Gasteiger charge is 2.40. The van der Waals surface area contributed by atoms with Gasteiger partial charge >= 0.3 is 0 Å². The summed E-state index contributed by atoms with van der Waals surface area (Å²) in [7, 11) is 0. The van der Waals surface area contributed by atoms with Gasteiger partial charge in [0.2, 0.25) is 0 Å². The van der Waals surface area contributed by atoms with Crippen LogP contribution in [0.25, 0.3) is 22.0 Å². The first-order valence-corrected chi connectivity index (χ1v) is 11.1. The fraction of sp³-hybridized carbons (Fsp3) is 0.0800. The van der Waals surface area contributed by atoms with Crippen molar-refractivity contribution in [3.05, 3.63) is 105 Å². The zero-order chi connectivity index (χ0) is 22.4. The van der Waals surface area contributed by atoms with Gasteiger partial charge in [-0.25, -0.2) is 0 Å². The Kier molecular flexibility index (Phi) is 5.48. The van der Waals surface area contributed by atoms with Gasteiger partial charge in [-0.15, -0.1) is 0 Å². The molecule has 0 spiro atoms. The molecule has 2 N–H and O–H groups in total. The molecular weight excluding hydrogens is 467 g/mol. The number of hydrogen-bond acceptors (Lipinski definition) is 2. The average Bonchev–Trinajstić information content (AvgIpc) is 3.29. The maximum atomic E-state index is 13.6. The monoisotopic (exact) mass is 482 g/mol. The van der Waals surface area contributed by atoms with Gasteiger partial charge in [-0.3, -0.25) is 4.79 Å². The van der Waals surface area contributed by atoms with Crippen molar-refractivity contribution in [2.24, 2.45) is 0 Å². The van der Waals surface area contributed by atoms with Crippen LogP contribution in [-0.2, 0) is 11.3 Å². The number of halogens is 3. The van der Waals surface area contributed by atoms with Crippen LogP contribution in [0.15, 0.2) is 72.9 Å². The summed E-state index contributed by atoms with van der Waals surface area (Å²) in [6.07, 6.45) is 0.674. The fourth-order valence-corrected chi connectivity index (χ4v) is 4.51. The Hall–Kier alpha value is -2.76. The molecular formula is C25H17Cl3N2O2. The predicted molar refractivity (Wildman–Crippen MR) is 130 cm³/mol. The summed E-state index contributed by atoms with van der Waals surface area (Å²) in [5.74, 6) is -0.256. The van der Waals surface area contributed by atoms with E-state index in [1.165, 1.54) is 4.90 Å². The van der Waals surface area contributed by atoms with E-state index in [4.69, 9.17) is 34.8 Å². The maximum Gasteiger partial charge on any atom is 0.257 e. The number of aromatic amines is 1. The zero-order valence-corrected chi connectivity index (χ0v) is 18.9. The van der Waals surface area contributed by atoms with E-state index in [9.17, 15) is 9.90 Å². The quantitative estimate of drug-likeness (QED) is 0.353. The van der Waals surface area contributed by atoms with E-state index in [0.29, 0.717) is 31.8 Å². The number of carbonyl (C=O) groups is 1. The summed E-state index contributed by atoms with van der Waals surface area (Å²) in [5.41, 5.74) is 4.12. The second-order valence-corrected chi connectivity index (χ2v) is 8.93. The lowest BCUT2D eigenvalue weighted by Crippen LogP contribution is -2.34. The molecule has 3 aromatic carbocycles. The lowest BCUT2D eigenvalue weighted by atomic mass is 9.95. The number of aliphatic hydroxyl groups is 1. The van der Waals surface area contributed by atoms with Crippen molar-refractivity contribution in [3.63, 3.8) is 0 Å². The number of fused-ring (bicyclic) bond motifs is 1. The van der Waals surface area contributed by atoms with Crippen molar-refractivity contribution < 1.29 is 9.90 Å². The lowest BCUT2D eigenvalue weighted by molar-refractivity contribution is -0.130. The van der Waals surface area contributed by atoms with E-state index in [1.54, 1.807) is 48.7 Å². The smallest absolute Gasteiger partial charge is 0.257 e. The average molecular weight is 484 g/mol. The first-order valence-electron chi connectivity index (χ1n) is 9.93. The van der Waals surface area contributed by atoms with Gasteiger partial charge < -0.3 is 15.0 Å². The number of benzene rings is 3. The third kappa shape index (κ3) is 3.70. The Morgan fingerprint density at radius 2 is 1.50 bits per heavy atom. The lowest BCUT2D eigenvalue weighted by Gasteiger charge is -2.23. The Bertz CT molecular complexity index is 1360. The summed E-state index contributed by atoms with van der Waals surface area (Å²) < 4.78 is 0. The van der Waals surface area contributed by atoms with Gasteiger partial charge in [0.05, 0.1) is 5.57 Å². The first kappa shape index (κ1) is 21.1. The molecule has 1 aromatic heterocycles. The first-order chi connectivity index (χ1) is 15.4. The molecule has 4 aromatic rings. The number of nitrogens with one attached hydrogen (secondary N) is 1. The van der Waals surface area contributed by atoms with E-state index in [-0.39, 0.29) is 12.5 Å². The molecule has 2 heterocycles. The summed E-state index contributed by atoms with van der Waals surface area (Å²) in [5, 5.41) is 14.0. The number of aromatic nitrogens is 1. The van der Waals surface area contributed by atoms with Gasteiger partial charge in [-0.2, -0.15) is 0 Å². The SMILES string of the molecule is O=C1C(c2ccc(Cl)cc2)=C(c2c[nH]c3cc(Cl)ccc23)C(O)N1Cc1ccc(Cl)cc1. The predicted octanol–water partition coefficient (Wildman–Crippen LogP) is 6.40. The minimum Gasteiger partial charge on any atom is -0.369 e. The minimum atomic E-state index is -1.13. The Morgan fingerprint density at radius 1 is 0.875 bits per heavy atom. The van der Waals surface area contributed by atoms with Crippen LogP contribution in [0.5, 0.6) is 0 Å². The molecule has 0 bridgehead atoms. The number of rotatable bonds is 4. The van der Waals surface area contributed by atoms with Crippen LogP contribution >= 0.6 is 34.8 Å². The molecule has 0 fully saturated rings. The van der Waals surface area contributed by atoms with Crippen LogP contribution in [0.1, 0.15) is 16.7 Å². The van der Waals surface area contributed by atoms with Crippen molar-refractivity contribution in [1.29, 1.82) is 0 Å². The van der Waals surface area contributed by atoms with Crippen LogP contribution in [0.4, 0.5) is 0 Å². The van der Waals surface area contributed by atoms with E-state index in [2.05, 4.69) is 4.98 Å². The molecule has 4 nitrogen and oxygen atoms in total. The van der Waals surface area contributed by atoms with E-state index in [0.717, 1.165) is 22.0 Å². The molecule has 1 unspecified atom stereocenters. The summed E-state index contributed by atoms with van der Waals surface area (Å²) >= 11 is 18.2. The number of carbonyl (C=O) groups excluding carboxylic acids is 1. The number of amides is 1. The van der Waals surface area contributed by atoms with Gasteiger partial charge in [-0.1, -0.05) is 65.1 Å². The highest BCUT2D eigenvalue weighted by atomic mass is 35.5. The minimum absolute atomic E-state index is 0.242. The number of hydrogen-bond donors (Lipinski definition) is 2. The third-order valence-corrected chi connectivity index (χ3v) is 6.37. The molecule has 0 radical (unpaired) electrons. The molecule has 1 amide bonds. The highest BCUT2D eigenvalue weighted by molar-refractivity contribution is 6.33. The van der Waals surface area contributed by atoms with Crippen molar-refractivity contribution >= 4 is 62.8 Å². The van der Waals surface area contributed by atoms with Crippen LogP contribution < -0.4 is 0 Å². The van der Waals surface area contributed by atoms with E-state index < -0.39 is 6.23 Å². The van der Waals surface area contributed by atoms with Crippen molar-refractivity contribution in [3.8, 4) is 0 Å². The normalized spacial score (nSPS) is 16.4. The van der Waals surface area contributed by atoms with Gasteiger partial charge in [0.1, 0.15) is 0 Å². The van der Waals surface area contributed by atoms with Crippen molar-refractivity contribution in [2.75, 3.05) is 0 Å². The molecule has 160 valence electrons. The topological polar surface area (TPSA) is 56.3 Å². The molecule has 1 atom stereocenters. The largest absolute Gasteiger partial charge is 0.369 e. The van der Waals surface area contributed by atoms with Crippen molar-refractivity contribution in [2.45, 2.75) is 12.8 Å². The van der Waals surface area contributed by atoms with Crippen LogP contribution in [-0.4, -0.2) is 27.1 Å². The molecule has 5 rings (SSSR count). The Labute approximate surface area is 199 Å².